The van der Waals surface area contributed by atoms with Crippen molar-refractivity contribution in [2.24, 2.45) is 0 Å². The van der Waals surface area contributed by atoms with E-state index in [1.807, 2.05) is 13.0 Å². The van der Waals surface area contributed by atoms with E-state index in [1.165, 1.54) is 13.2 Å². The van der Waals surface area contributed by atoms with Crippen LogP contribution in [0.15, 0.2) is 51.7 Å². The van der Waals surface area contributed by atoms with Gasteiger partial charge in [0.15, 0.2) is 17.6 Å². The molecule has 1 heterocycles. The molecule has 3 rings (SSSR count). The van der Waals surface area contributed by atoms with E-state index in [-0.39, 0.29) is 5.91 Å². The number of benzene rings is 2. The molecule has 2 aromatic carbocycles. The van der Waals surface area contributed by atoms with Gasteiger partial charge in [-0.05, 0) is 43.2 Å². The Bertz CT molecular complexity index is 1090. The second-order valence-electron chi connectivity index (χ2n) is 6.42. The van der Waals surface area contributed by atoms with Gasteiger partial charge in [0.25, 0.3) is 5.91 Å². The lowest BCUT2D eigenvalue weighted by Gasteiger charge is -2.16. The van der Waals surface area contributed by atoms with Crippen LogP contribution in [0.5, 0.6) is 17.2 Å². The number of methoxy groups -OCH3 is 2. The Hall–Kier alpha value is -3.48. The van der Waals surface area contributed by atoms with Gasteiger partial charge in [0.1, 0.15) is 11.3 Å². The molecule has 1 atom stereocenters. The average molecular weight is 397 g/mol. The van der Waals surface area contributed by atoms with Crippen LogP contribution in [-0.4, -0.2) is 26.2 Å². The number of nitrogens with one attached hydrogen (secondary N) is 1. The van der Waals surface area contributed by atoms with Gasteiger partial charge in [-0.1, -0.05) is 6.92 Å². The molecular weight excluding hydrogens is 374 g/mol. The molecule has 0 aliphatic heterocycles. The van der Waals surface area contributed by atoms with Gasteiger partial charge in [-0.25, -0.2) is 4.79 Å². The van der Waals surface area contributed by atoms with Crippen molar-refractivity contribution in [3.63, 3.8) is 0 Å². The largest absolute Gasteiger partial charge is 0.493 e. The molecule has 152 valence electrons. The highest BCUT2D eigenvalue weighted by atomic mass is 16.5. The lowest BCUT2D eigenvalue weighted by molar-refractivity contribution is -0.122. The summed E-state index contributed by atoms with van der Waals surface area (Å²) in [4.78, 5) is 24.2. The van der Waals surface area contributed by atoms with Crippen LogP contribution in [0.1, 0.15) is 19.4 Å². The highest BCUT2D eigenvalue weighted by molar-refractivity contribution is 5.94. The molecule has 1 amide bonds. The Balaban J connectivity index is 1.75. The summed E-state index contributed by atoms with van der Waals surface area (Å²) in [6.07, 6.45) is -0.0616. The van der Waals surface area contributed by atoms with Crippen molar-refractivity contribution in [2.75, 3.05) is 19.5 Å². The Kier molecular flexibility index (Phi) is 6.07. The number of ether oxygens (including phenoxy) is 3. The zero-order valence-electron chi connectivity index (χ0n) is 16.8. The summed E-state index contributed by atoms with van der Waals surface area (Å²) in [5, 5.41) is 3.63. The van der Waals surface area contributed by atoms with Crippen LogP contribution < -0.4 is 25.2 Å². The molecule has 29 heavy (non-hydrogen) atoms. The highest BCUT2D eigenvalue weighted by Crippen LogP contribution is 2.30. The number of carbonyl (C=O) groups is 1. The van der Waals surface area contributed by atoms with Crippen LogP contribution in [0.4, 0.5) is 5.69 Å². The predicted molar refractivity (Wildman–Crippen MR) is 110 cm³/mol. The van der Waals surface area contributed by atoms with Crippen molar-refractivity contribution >= 4 is 22.6 Å². The molecule has 0 bridgehead atoms. The van der Waals surface area contributed by atoms with Crippen molar-refractivity contribution in [2.45, 2.75) is 26.4 Å². The van der Waals surface area contributed by atoms with Crippen molar-refractivity contribution in [3.05, 3.63) is 58.4 Å². The zero-order chi connectivity index (χ0) is 21.0. The first-order chi connectivity index (χ1) is 13.9. The number of hydrogen-bond donors (Lipinski definition) is 1. The van der Waals surface area contributed by atoms with Gasteiger partial charge in [-0.2, -0.15) is 0 Å². The third kappa shape index (κ3) is 4.51. The Labute approximate surface area is 168 Å². The molecule has 1 unspecified atom stereocenters. The summed E-state index contributed by atoms with van der Waals surface area (Å²) in [7, 11) is 3.07. The molecule has 0 aliphatic rings. The van der Waals surface area contributed by atoms with E-state index in [1.54, 1.807) is 44.4 Å². The number of carbonyl (C=O) groups excluding carboxylic acids is 1. The van der Waals surface area contributed by atoms with Gasteiger partial charge >= 0.3 is 5.63 Å². The van der Waals surface area contributed by atoms with Gasteiger partial charge in [0.2, 0.25) is 0 Å². The van der Waals surface area contributed by atoms with Crippen LogP contribution in [0.3, 0.4) is 0 Å². The first-order valence-corrected chi connectivity index (χ1v) is 9.21. The van der Waals surface area contributed by atoms with E-state index in [4.69, 9.17) is 18.6 Å². The van der Waals surface area contributed by atoms with E-state index >= 15 is 0 Å². The van der Waals surface area contributed by atoms with E-state index in [0.29, 0.717) is 34.9 Å². The number of rotatable bonds is 7. The monoisotopic (exact) mass is 397 g/mol. The third-order valence-electron chi connectivity index (χ3n) is 4.52. The van der Waals surface area contributed by atoms with Gasteiger partial charge in [-0.3, -0.25) is 4.79 Å². The molecule has 1 N–H and O–H groups in total. The second-order valence-corrected chi connectivity index (χ2v) is 6.42. The third-order valence-corrected chi connectivity index (χ3v) is 4.52. The van der Waals surface area contributed by atoms with Crippen molar-refractivity contribution < 1.29 is 23.4 Å². The van der Waals surface area contributed by atoms with Gasteiger partial charge in [0.05, 0.1) is 14.2 Å². The molecule has 3 aromatic rings. The van der Waals surface area contributed by atoms with Gasteiger partial charge in [0, 0.05) is 29.3 Å². The second kappa shape index (κ2) is 8.68. The van der Waals surface area contributed by atoms with Crippen molar-refractivity contribution in [3.8, 4) is 17.2 Å². The number of anilines is 1. The summed E-state index contributed by atoms with van der Waals surface area (Å²) >= 11 is 0. The molecular formula is C22H23NO6. The summed E-state index contributed by atoms with van der Waals surface area (Å²) in [6, 6.07) is 11.8. The van der Waals surface area contributed by atoms with E-state index < -0.39 is 11.7 Å². The molecule has 1 aromatic heterocycles. The SMILES string of the molecule is CCc1cc(=O)oc2cc(OC(C)C(=O)Nc3ccc(OC)c(OC)c3)ccc12. The number of fused-ring (bicyclic) bond motifs is 1. The number of amides is 1. The fraction of sp³-hybridized carbons (Fsp3) is 0.273. The van der Waals surface area contributed by atoms with Crippen molar-refractivity contribution in [1.29, 1.82) is 0 Å². The van der Waals surface area contributed by atoms with Crippen molar-refractivity contribution in [1.82, 2.24) is 0 Å². The van der Waals surface area contributed by atoms with E-state index in [2.05, 4.69) is 5.32 Å². The Morgan fingerprint density at radius 1 is 1.07 bits per heavy atom. The molecule has 7 heteroatoms. The fourth-order valence-corrected chi connectivity index (χ4v) is 2.99. The lowest BCUT2D eigenvalue weighted by atomic mass is 10.1. The summed E-state index contributed by atoms with van der Waals surface area (Å²) in [5.41, 5.74) is 1.48. The number of aryl methyl sites for hydroxylation is 1. The van der Waals surface area contributed by atoms with Gasteiger partial charge < -0.3 is 23.9 Å². The molecule has 7 nitrogen and oxygen atoms in total. The van der Waals surface area contributed by atoms with Crippen LogP contribution in [-0.2, 0) is 11.2 Å². The fourth-order valence-electron chi connectivity index (χ4n) is 2.99. The maximum absolute atomic E-state index is 12.5. The Morgan fingerprint density at radius 3 is 2.52 bits per heavy atom. The minimum Gasteiger partial charge on any atom is -0.493 e. The molecule has 0 fully saturated rings. The first kappa shape index (κ1) is 20.3. The maximum Gasteiger partial charge on any atom is 0.336 e. The van der Waals surface area contributed by atoms with Crippen LogP contribution in [0.2, 0.25) is 0 Å². The molecule has 0 saturated carbocycles. The summed E-state index contributed by atoms with van der Waals surface area (Å²) < 4.78 is 21.4. The number of hydrogen-bond acceptors (Lipinski definition) is 6. The van der Waals surface area contributed by atoms with Crippen LogP contribution in [0, 0.1) is 0 Å². The standard InChI is InChI=1S/C22H23NO6/c1-5-14-10-21(24)29-19-12-16(7-8-17(14)19)28-13(2)22(25)23-15-6-9-18(26-3)20(11-15)27-4/h6-13H,5H2,1-4H3,(H,23,25). The van der Waals surface area contributed by atoms with Crippen LogP contribution in [0.25, 0.3) is 11.0 Å². The minimum atomic E-state index is -0.776. The van der Waals surface area contributed by atoms with Crippen LogP contribution >= 0.6 is 0 Å². The van der Waals surface area contributed by atoms with Gasteiger partial charge in [-0.15, -0.1) is 0 Å². The maximum atomic E-state index is 12.5. The topological polar surface area (TPSA) is 87.0 Å². The molecule has 0 saturated heterocycles. The normalized spacial score (nSPS) is 11.7. The summed E-state index contributed by atoms with van der Waals surface area (Å²) in [5.74, 6) is 1.18. The van der Waals surface area contributed by atoms with E-state index in [9.17, 15) is 9.59 Å². The zero-order valence-corrected chi connectivity index (χ0v) is 16.8. The summed E-state index contributed by atoms with van der Waals surface area (Å²) in [6.45, 7) is 3.61. The predicted octanol–water partition coefficient (Wildman–Crippen LogP) is 3.78. The molecule has 0 aliphatic carbocycles. The first-order valence-electron chi connectivity index (χ1n) is 9.21. The highest BCUT2D eigenvalue weighted by Gasteiger charge is 2.17. The quantitative estimate of drug-likeness (QED) is 0.611. The average Bonchev–Trinajstić information content (AvgIpc) is 2.72. The smallest absolute Gasteiger partial charge is 0.336 e. The minimum absolute atomic E-state index is 0.332. The lowest BCUT2D eigenvalue weighted by Crippen LogP contribution is -2.30. The van der Waals surface area contributed by atoms with E-state index in [0.717, 1.165) is 10.9 Å². The molecule has 0 spiro atoms. The molecule has 0 radical (unpaired) electrons. The Morgan fingerprint density at radius 2 is 1.83 bits per heavy atom.